The second-order valence-electron chi connectivity index (χ2n) is 3.76. The minimum absolute atomic E-state index is 1.05. The van der Waals surface area contributed by atoms with Gasteiger partial charge in [-0.3, -0.25) is 0 Å². The molecule has 0 heteroatoms. The highest BCUT2D eigenvalue weighted by Crippen LogP contribution is 2.30. The Balaban J connectivity index is 2.56. The highest BCUT2D eigenvalue weighted by Gasteiger charge is 2.09. The predicted octanol–water partition coefficient (Wildman–Crippen LogP) is 3.59. The topological polar surface area (TPSA) is 0 Å². The van der Waals surface area contributed by atoms with Crippen LogP contribution in [0.4, 0.5) is 0 Å². The van der Waals surface area contributed by atoms with Gasteiger partial charge in [0.25, 0.3) is 0 Å². The lowest BCUT2D eigenvalue weighted by molar-refractivity contribution is 1.29. The summed E-state index contributed by atoms with van der Waals surface area (Å²) in [5.74, 6) is 0. The molecule has 0 saturated heterocycles. The van der Waals surface area contributed by atoms with Gasteiger partial charge in [-0.05, 0) is 40.8 Å². The van der Waals surface area contributed by atoms with Crippen molar-refractivity contribution in [3.05, 3.63) is 60.0 Å². The van der Waals surface area contributed by atoms with Gasteiger partial charge in [0.1, 0.15) is 0 Å². The molecule has 0 nitrogen and oxygen atoms in total. The highest BCUT2D eigenvalue weighted by atomic mass is 14.1. The Bertz CT molecular complexity index is 533. The van der Waals surface area contributed by atoms with Gasteiger partial charge in [-0.1, -0.05) is 42.5 Å². The summed E-state index contributed by atoms with van der Waals surface area (Å²) in [6.45, 7) is 4.07. The maximum atomic E-state index is 4.07. The zero-order valence-electron chi connectivity index (χ0n) is 7.96. The van der Waals surface area contributed by atoms with E-state index in [0.717, 1.165) is 12.0 Å². The van der Waals surface area contributed by atoms with Gasteiger partial charge in [0.2, 0.25) is 0 Å². The fourth-order valence-corrected chi connectivity index (χ4v) is 2.19. The number of benzene rings is 2. The van der Waals surface area contributed by atoms with Gasteiger partial charge >= 0.3 is 0 Å². The van der Waals surface area contributed by atoms with Crippen molar-refractivity contribution in [3.63, 3.8) is 0 Å². The molecule has 1 aliphatic carbocycles. The van der Waals surface area contributed by atoms with E-state index in [4.69, 9.17) is 0 Å². The van der Waals surface area contributed by atoms with Crippen molar-refractivity contribution in [3.8, 4) is 0 Å². The molecule has 0 N–H and O–H groups in total. The molecule has 0 unspecified atom stereocenters. The summed E-state index contributed by atoms with van der Waals surface area (Å²) in [4.78, 5) is 0. The first-order valence-electron chi connectivity index (χ1n) is 4.89. The number of hydrogen-bond acceptors (Lipinski definition) is 0. The Hall–Kier alpha value is -1.56. The molecule has 0 aliphatic heterocycles. The maximum Gasteiger partial charge on any atom is -0.00735 e. The lowest BCUT2D eigenvalue weighted by Crippen LogP contribution is -1.94. The van der Waals surface area contributed by atoms with Crippen molar-refractivity contribution in [1.82, 2.24) is 0 Å². The van der Waals surface area contributed by atoms with E-state index in [2.05, 4.69) is 49.4 Å². The van der Waals surface area contributed by atoms with Crippen LogP contribution < -0.4 is 0 Å². The largest absolute Gasteiger partial charge is 0.0795 e. The summed E-state index contributed by atoms with van der Waals surface area (Å²) < 4.78 is 0. The monoisotopic (exact) mass is 179 g/mol. The van der Waals surface area contributed by atoms with Gasteiger partial charge in [0.15, 0.2) is 0 Å². The number of allylic oxidation sites excluding steroid dienone is 1. The van der Waals surface area contributed by atoms with Crippen molar-refractivity contribution in [2.75, 3.05) is 0 Å². The van der Waals surface area contributed by atoms with Crippen LogP contribution in [-0.2, 0) is 6.42 Å². The Kier molecular flexibility index (Phi) is 1.51. The zero-order valence-corrected chi connectivity index (χ0v) is 7.96. The van der Waals surface area contributed by atoms with Gasteiger partial charge in [0.05, 0.1) is 0 Å². The number of rotatable bonds is 0. The van der Waals surface area contributed by atoms with Gasteiger partial charge in [-0.25, -0.2) is 0 Å². The minimum atomic E-state index is 1.05. The summed E-state index contributed by atoms with van der Waals surface area (Å²) in [5, 5.41) is 2.72. The van der Waals surface area contributed by atoms with Crippen molar-refractivity contribution in [2.45, 2.75) is 6.42 Å². The van der Waals surface area contributed by atoms with E-state index in [1.807, 2.05) is 0 Å². The second kappa shape index (κ2) is 2.71. The maximum absolute atomic E-state index is 4.07. The van der Waals surface area contributed by atoms with Gasteiger partial charge in [0, 0.05) is 0 Å². The fraction of sp³-hybridized carbons (Fsp3) is 0.0714. The molecule has 0 saturated carbocycles. The summed E-state index contributed by atoms with van der Waals surface area (Å²) in [6.07, 6.45) is 5.46. The van der Waals surface area contributed by atoms with E-state index < -0.39 is 0 Å². The normalized spacial score (nSPS) is 13.5. The second-order valence-corrected chi connectivity index (χ2v) is 3.76. The molecular weight excluding hydrogens is 168 g/mol. The summed E-state index contributed by atoms with van der Waals surface area (Å²) in [6, 6.07) is 10.8. The van der Waals surface area contributed by atoms with E-state index in [1.165, 1.54) is 21.9 Å². The molecule has 0 amide bonds. The highest BCUT2D eigenvalue weighted by molar-refractivity contribution is 5.96. The molecule has 3 rings (SSSR count). The first kappa shape index (κ1) is 7.81. The molecule has 0 atom stereocenters. The van der Waals surface area contributed by atoms with Crippen LogP contribution in [-0.4, -0.2) is 0 Å². The van der Waals surface area contributed by atoms with E-state index in [1.54, 1.807) is 0 Å². The van der Waals surface area contributed by atoms with E-state index >= 15 is 0 Å². The Labute approximate surface area is 83.9 Å². The lowest BCUT2D eigenvalue weighted by atomic mass is 9.90. The van der Waals surface area contributed by atoms with Crippen LogP contribution in [0.15, 0.2) is 36.4 Å². The van der Waals surface area contributed by atoms with Crippen LogP contribution in [0, 0.1) is 6.92 Å². The molecule has 0 fully saturated rings. The third-order valence-electron chi connectivity index (χ3n) is 2.88. The van der Waals surface area contributed by atoms with Crippen LogP contribution in [0.1, 0.15) is 16.7 Å². The van der Waals surface area contributed by atoms with Crippen LogP contribution >= 0.6 is 0 Å². The summed E-state index contributed by atoms with van der Waals surface area (Å²) in [7, 11) is 0. The minimum Gasteiger partial charge on any atom is -0.0795 e. The SMILES string of the molecule is [CH2]c1ccc2cccc3c2c1C=CC3. The Morgan fingerprint density at radius 1 is 1.07 bits per heavy atom. The summed E-state index contributed by atoms with van der Waals surface area (Å²) in [5.41, 5.74) is 3.84. The molecule has 0 aromatic heterocycles. The van der Waals surface area contributed by atoms with Crippen LogP contribution in [0.2, 0.25) is 0 Å². The van der Waals surface area contributed by atoms with Crippen molar-refractivity contribution in [2.24, 2.45) is 0 Å². The molecule has 0 bridgehead atoms. The van der Waals surface area contributed by atoms with Crippen molar-refractivity contribution < 1.29 is 0 Å². The molecule has 1 aliphatic rings. The number of hydrogen-bond donors (Lipinski definition) is 0. The standard InChI is InChI=1S/C14H11/c1-10-8-9-12-5-2-4-11-6-3-7-13(10)14(11)12/h2-5,7-9H,1,6H2. The van der Waals surface area contributed by atoms with E-state index in [-0.39, 0.29) is 0 Å². The van der Waals surface area contributed by atoms with Crippen LogP contribution in [0.25, 0.3) is 16.8 Å². The lowest BCUT2D eigenvalue weighted by Gasteiger charge is -2.14. The van der Waals surface area contributed by atoms with Gasteiger partial charge in [-0.15, -0.1) is 0 Å². The molecule has 67 valence electrons. The van der Waals surface area contributed by atoms with Crippen molar-refractivity contribution in [1.29, 1.82) is 0 Å². The fourth-order valence-electron chi connectivity index (χ4n) is 2.19. The molecule has 2 aromatic carbocycles. The average molecular weight is 179 g/mol. The molecule has 0 spiro atoms. The Morgan fingerprint density at radius 3 is 2.93 bits per heavy atom. The summed E-state index contributed by atoms with van der Waals surface area (Å²) >= 11 is 0. The van der Waals surface area contributed by atoms with Crippen LogP contribution in [0.5, 0.6) is 0 Å². The van der Waals surface area contributed by atoms with E-state index in [0.29, 0.717) is 0 Å². The Morgan fingerprint density at radius 2 is 2.00 bits per heavy atom. The average Bonchev–Trinajstić information content (AvgIpc) is 2.24. The molecular formula is C14H11. The first-order chi connectivity index (χ1) is 6.86. The predicted molar refractivity (Wildman–Crippen MR) is 61.1 cm³/mol. The molecule has 1 radical (unpaired) electrons. The van der Waals surface area contributed by atoms with Gasteiger partial charge in [-0.2, -0.15) is 0 Å². The third-order valence-corrected chi connectivity index (χ3v) is 2.88. The first-order valence-corrected chi connectivity index (χ1v) is 4.89. The van der Waals surface area contributed by atoms with Gasteiger partial charge < -0.3 is 0 Å². The zero-order chi connectivity index (χ0) is 9.54. The smallest absolute Gasteiger partial charge is 0.00735 e. The third kappa shape index (κ3) is 0.941. The quantitative estimate of drug-likeness (QED) is 0.579. The molecule has 2 aromatic rings. The van der Waals surface area contributed by atoms with E-state index in [9.17, 15) is 0 Å². The van der Waals surface area contributed by atoms with Crippen molar-refractivity contribution >= 4 is 16.8 Å². The van der Waals surface area contributed by atoms with Crippen LogP contribution in [0.3, 0.4) is 0 Å². The molecule has 0 heterocycles. The molecule has 14 heavy (non-hydrogen) atoms.